The van der Waals surface area contributed by atoms with Crippen LogP contribution >= 0.6 is 12.4 Å². The molecule has 3 nitrogen and oxygen atoms in total. The predicted molar refractivity (Wildman–Crippen MR) is 75.0 cm³/mol. The summed E-state index contributed by atoms with van der Waals surface area (Å²) in [6.45, 7) is 4.42. The van der Waals surface area contributed by atoms with Gasteiger partial charge in [-0.2, -0.15) is 0 Å². The number of hydrogen-bond donors (Lipinski definition) is 1. The highest BCUT2D eigenvalue weighted by molar-refractivity contribution is 5.85. The van der Waals surface area contributed by atoms with Gasteiger partial charge in [-0.25, -0.2) is 0 Å². The molecule has 1 aliphatic carbocycles. The molecule has 104 valence electrons. The third-order valence-corrected chi connectivity index (χ3v) is 4.98. The van der Waals surface area contributed by atoms with E-state index in [4.69, 9.17) is 0 Å². The fraction of sp³-hybridized carbons (Fsp3) is 0.929. The molecular weight excluding hydrogens is 248 g/mol. The van der Waals surface area contributed by atoms with E-state index in [1.54, 1.807) is 0 Å². The molecule has 3 aliphatic rings. The number of rotatable bonds is 3. The number of hydrogen-bond acceptors (Lipinski definition) is 2. The van der Waals surface area contributed by atoms with Crippen LogP contribution in [0.2, 0.25) is 0 Å². The van der Waals surface area contributed by atoms with Crippen LogP contribution in [-0.4, -0.2) is 35.5 Å². The first-order chi connectivity index (χ1) is 8.26. The summed E-state index contributed by atoms with van der Waals surface area (Å²) < 4.78 is 0. The van der Waals surface area contributed by atoms with Crippen LogP contribution in [0, 0.1) is 5.92 Å². The van der Waals surface area contributed by atoms with Gasteiger partial charge in [-0.1, -0.05) is 6.92 Å². The minimum Gasteiger partial charge on any atom is -0.335 e. The molecule has 3 rings (SSSR count). The van der Waals surface area contributed by atoms with Gasteiger partial charge < -0.3 is 10.2 Å². The molecule has 4 heteroatoms. The minimum absolute atomic E-state index is 0. The second kappa shape index (κ2) is 5.38. The van der Waals surface area contributed by atoms with E-state index in [9.17, 15) is 4.79 Å². The molecule has 2 atom stereocenters. The van der Waals surface area contributed by atoms with Crippen molar-refractivity contribution in [3.05, 3.63) is 0 Å². The SMILES string of the molecule is CC[C@H]1NCCC[C@]12CCC(=O)N2CC1CC1.Cl. The number of nitrogens with zero attached hydrogens (tertiary/aromatic N) is 1. The van der Waals surface area contributed by atoms with Crippen LogP contribution in [0.15, 0.2) is 0 Å². The number of amides is 1. The maximum absolute atomic E-state index is 12.2. The third-order valence-electron chi connectivity index (χ3n) is 4.98. The smallest absolute Gasteiger partial charge is 0.223 e. The first-order valence-electron chi connectivity index (χ1n) is 7.30. The van der Waals surface area contributed by atoms with Gasteiger partial charge in [0, 0.05) is 19.0 Å². The summed E-state index contributed by atoms with van der Waals surface area (Å²) in [5.41, 5.74) is 0.173. The molecule has 18 heavy (non-hydrogen) atoms. The molecule has 1 spiro atoms. The van der Waals surface area contributed by atoms with E-state index in [0.717, 1.165) is 38.3 Å². The minimum atomic E-state index is 0. The molecule has 0 bridgehead atoms. The Labute approximate surface area is 116 Å². The Kier molecular flexibility index (Phi) is 4.22. The predicted octanol–water partition coefficient (Wildman–Crippen LogP) is 2.34. The third kappa shape index (κ3) is 2.27. The Hall–Kier alpha value is -0.280. The molecule has 1 amide bonds. The molecule has 0 radical (unpaired) electrons. The molecule has 2 heterocycles. The molecule has 0 aromatic rings. The largest absolute Gasteiger partial charge is 0.335 e. The summed E-state index contributed by atoms with van der Waals surface area (Å²) >= 11 is 0. The number of carbonyl (C=O) groups is 1. The lowest BCUT2D eigenvalue weighted by Crippen LogP contribution is -2.62. The van der Waals surface area contributed by atoms with Gasteiger partial charge >= 0.3 is 0 Å². The topological polar surface area (TPSA) is 32.3 Å². The Morgan fingerprint density at radius 3 is 2.83 bits per heavy atom. The zero-order chi connectivity index (χ0) is 11.9. The van der Waals surface area contributed by atoms with Crippen LogP contribution in [-0.2, 0) is 4.79 Å². The van der Waals surface area contributed by atoms with E-state index < -0.39 is 0 Å². The van der Waals surface area contributed by atoms with Crippen molar-refractivity contribution >= 4 is 18.3 Å². The zero-order valence-electron chi connectivity index (χ0n) is 11.3. The quantitative estimate of drug-likeness (QED) is 0.855. The second-order valence-electron chi connectivity index (χ2n) is 6.07. The number of halogens is 1. The fourth-order valence-electron chi connectivity index (χ4n) is 3.87. The summed E-state index contributed by atoms with van der Waals surface area (Å²) in [4.78, 5) is 14.4. The lowest BCUT2D eigenvalue weighted by molar-refractivity contribution is -0.133. The van der Waals surface area contributed by atoms with Gasteiger partial charge in [-0.15, -0.1) is 12.4 Å². The fourth-order valence-corrected chi connectivity index (χ4v) is 3.87. The van der Waals surface area contributed by atoms with E-state index in [-0.39, 0.29) is 17.9 Å². The summed E-state index contributed by atoms with van der Waals surface area (Å²) in [6.07, 6.45) is 8.14. The van der Waals surface area contributed by atoms with Crippen LogP contribution in [0.3, 0.4) is 0 Å². The van der Waals surface area contributed by atoms with E-state index in [1.807, 2.05) is 0 Å². The van der Waals surface area contributed by atoms with Crippen molar-refractivity contribution in [1.82, 2.24) is 10.2 Å². The van der Waals surface area contributed by atoms with Crippen molar-refractivity contribution in [2.45, 2.75) is 63.5 Å². The zero-order valence-corrected chi connectivity index (χ0v) is 12.1. The van der Waals surface area contributed by atoms with Crippen LogP contribution < -0.4 is 5.32 Å². The maximum atomic E-state index is 12.2. The summed E-state index contributed by atoms with van der Waals surface area (Å²) in [5, 5.41) is 3.65. The van der Waals surface area contributed by atoms with Crippen molar-refractivity contribution < 1.29 is 4.79 Å². The van der Waals surface area contributed by atoms with Gasteiger partial charge in [-0.3, -0.25) is 4.79 Å². The van der Waals surface area contributed by atoms with Crippen LogP contribution in [0.5, 0.6) is 0 Å². The van der Waals surface area contributed by atoms with Gasteiger partial charge in [0.05, 0.1) is 5.54 Å². The molecule has 1 saturated carbocycles. The number of nitrogens with one attached hydrogen (secondary N) is 1. The highest BCUT2D eigenvalue weighted by Gasteiger charge is 2.51. The van der Waals surface area contributed by atoms with E-state index in [2.05, 4.69) is 17.1 Å². The average molecular weight is 273 g/mol. The van der Waals surface area contributed by atoms with Crippen LogP contribution in [0.1, 0.15) is 51.9 Å². The van der Waals surface area contributed by atoms with Gasteiger partial charge in [0.25, 0.3) is 0 Å². The summed E-state index contributed by atoms with van der Waals surface area (Å²) in [6, 6.07) is 0.529. The Morgan fingerprint density at radius 1 is 1.39 bits per heavy atom. The number of likely N-dealkylation sites (tertiary alicyclic amines) is 1. The lowest BCUT2D eigenvalue weighted by Gasteiger charge is -2.48. The molecule has 2 aliphatic heterocycles. The monoisotopic (exact) mass is 272 g/mol. The molecule has 0 aromatic heterocycles. The van der Waals surface area contributed by atoms with Crippen molar-refractivity contribution in [1.29, 1.82) is 0 Å². The highest BCUT2D eigenvalue weighted by Crippen LogP contribution is 2.43. The van der Waals surface area contributed by atoms with Crippen LogP contribution in [0.25, 0.3) is 0 Å². The van der Waals surface area contributed by atoms with Crippen molar-refractivity contribution in [2.24, 2.45) is 5.92 Å². The average Bonchev–Trinajstić information content (AvgIpc) is 3.12. The van der Waals surface area contributed by atoms with Gasteiger partial charge in [0.1, 0.15) is 0 Å². The highest BCUT2D eigenvalue weighted by atomic mass is 35.5. The van der Waals surface area contributed by atoms with Gasteiger partial charge in [-0.05, 0) is 51.0 Å². The van der Waals surface area contributed by atoms with Gasteiger partial charge in [0.2, 0.25) is 5.91 Å². The van der Waals surface area contributed by atoms with Crippen molar-refractivity contribution in [3.63, 3.8) is 0 Å². The number of piperidine rings is 1. The molecule has 2 saturated heterocycles. The van der Waals surface area contributed by atoms with E-state index in [0.29, 0.717) is 11.9 Å². The molecular formula is C14H25ClN2O. The molecule has 3 fully saturated rings. The first kappa shape index (κ1) is 14.1. The second-order valence-corrected chi connectivity index (χ2v) is 6.07. The van der Waals surface area contributed by atoms with Crippen molar-refractivity contribution in [3.8, 4) is 0 Å². The van der Waals surface area contributed by atoms with Crippen LogP contribution in [0.4, 0.5) is 0 Å². The Bertz CT molecular complexity index is 319. The Balaban J connectivity index is 0.00000120. The van der Waals surface area contributed by atoms with Crippen molar-refractivity contribution in [2.75, 3.05) is 13.1 Å². The summed E-state index contributed by atoms with van der Waals surface area (Å²) in [7, 11) is 0. The van der Waals surface area contributed by atoms with Gasteiger partial charge in [0.15, 0.2) is 0 Å². The first-order valence-corrected chi connectivity index (χ1v) is 7.30. The maximum Gasteiger partial charge on any atom is 0.223 e. The standard InChI is InChI=1S/C14H24N2O.ClH/c1-2-12-14(7-3-9-15-12)8-6-13(17)16(14)10-11-4-5-11;/h11-12,15H,2-10H2,1H3;1H/t12-,14+;/m1./s1. The lowest BCUT2D eigenvalue weighted by atomic mass is 9.78. The Morgan fingerprint density at radius 2 is 2.17 bits per heavy atom. The number of carbonyl (C=O) groups excluding carboxylic acids is 1. The van der Waals surface area contributed by atoms with E-state index in [1.165, 1.54) is 25.7 Å². The van der Waals surface area contributed by atoms with E-state index >= 15 is 0 Å². The molecule has 0 unspecified atom stereocenters. The summed E-state index contributed by atoms with van der Waals surface area (Å²) in [5.74, 6) is 1.23. The molecule has 0 aromatic carbocycles. The molecule has 1 N–H and O–H groups in total. The normalized spacial score (nSPS) is 35.9.